The van der Waals surface area contributed by atoms with Gasteiger partial charge in [0.25, 0.3) is 0 Å². The number of benzene rings is 1. The Bertz CT molecular complexity index is 591. The van der Waals surface area contributed by atoms with Crippen molar-refractivity contribution in [3.63, 3.8) is 0 Å². The van der Waals surface area contributed by atoms with E-state index in [1.807, 2.05) is 30.3 Å². The largest absolute Gasteiger partial charge is 0.349 e. The van der Waals surface area contributed by atoms with Gasteiger partial charge in [0.2, 0.25) is 11.8 Å². The van der Waals surface area contributed by atoms with Crippen LogP contribution in [0.2, 0.25) is 0 Å². The molecule has 4 aliphatic carbocycles. The van der Waals surface area contributed by atoms with Gasteiger partial charge in [0.15, 0.2) is 0 Å². The Kier molecular flexibility index (Phi) is 4.07. The van der Waals surface area contributed by atoms with Gasteiger partial charge in [0.1, 0.15) is 0 Å². The molecule has 4 saturated carbocycles. The lowest BCUT2D eigenvalue weighted by molar-refractivity contribution is -0.129. The van der Waals surface area contributed by atoms with Crippen LogP contribution >= 0.6 is 0 Å². The summed E-state index contributed by atoms with van der Waals surface area (Å²) in [5, 5.41) is 6.05. The monoisotopic (exact) mass is 326 g/mol. The number of amides is 2. The molecule has 0 atom stereocenters. The summed E-state index contributed by atoms with van der Waals surface area (Å²) in [6.07, 6.45) is 7.84. The first-order valence-electron chi connectivity index (χ1n) is 9.22. The molecule has 4 heteroatoms. The van der Waals surface area contributed by atoms with Gasteiger partial charge in [-0.1, -0.05) is 30.3 Å². The lowest BCUT2D eigenvalue weighted by Gasteiger charge is -2.56. The maximum absolute atomic E-state index is 12.4. The van der Waals surface area contributed by atoms with Crippen molar-refractivity contribution < 1.29 is 9.59 Å². The molecule has 0 aromatic heterocycles. The van der Waals surface area contributed by atoms with Crippen LogP contribution in [0.1, 0.15) is 44.1 Å². The van der Waals surface area contributed by atoms with Gasteiger partial charge in [0.05, 0.1) is 13.0 Å². The van der Waals surface area contributed by atoms with E-state index in [4.69, 9.17) is 0 Å². The van der Waals surface area contributed by atoms with E-state index in [0.29, 0.717) is 6.42 Å². The standard InChI is InChI=1S/C20H26N2O2/c23-18(9-14-4-2-1-3-5-14)21-13-19(24)22-20-10-15-6-16(11-20)8-17(7-15)12-20/h1-5,15-17H,6-13H2,(H,21,23)(H,22,24). The highest BCUT2D eigenvalue weighted by Gasteiger charge is 2.51. The predicted molar refractivity (Wildman–Crippen MR) is 92.2 cm³/mol. The van der Waals surface area contributed by atoms with Gasteiger partial charge in [-0.15, -0.1) is 0 Å². The molecule has 0 heterocycles. The van der Waals surface area contributed by atoms with E-state index >= 15 is 0 Å². The van der Waals surface area contributed by atoms with E-state index in [1.54, 1.807) is 0 Å². The summed E-state index contributed by atoms with van der Waals surface area (Å²) < 4.78 is 0. The van der Waals surface area contributed by atoms with Crippen LogP contribution in [0.3, 0.4) is 0 Å². The molecule has 4 nitrogen and oxygen atoms in total. The van der Waals surface area contributed by atoms with E-state index in [-0.39, 0.29) is 23.9 Å². The summed E-state index contributed by atoms with van der Waals surface area (Å²) in [6, 6.07) is 9.62. The fourth-order valence-electron chi connectivity index (χ4n) is 5.63. The zero-order valence-electron chi connectivity index (χ0n) is 14.1. The highest BCUT2D eigenvalue weighted by molar-refractivity contribution is 5.86. The third kappa shape index (κ3) is 3.33. The van der Waals surface area contributed by atoms with Crippen molar-refractivity contribution in [2.45, 2.75) is 50.5 Å². The van der Waals surface area contributed by atoms with Crippen LogP contribution < -0.4 is 10.6 Å². The normalized spacial score (nSPS) is 33.2. The molecule has 4 bridgehead atoms. The third-order valence-corrected chi connectivity index (χ3v) is 6.10. The minimum Gasteiger partial charge on any atom is -0.349 e. The molecular formula is C20H26N2O2. The Labute approximate surface area is 143 Å². The molecule has 0 saturated heterocycles. The first-order chi connectivity index (χ1) is 11.6. The summed E-state index contributed by atoms with van der Waals surface area (Å²) >= 11 is 0. The van der Waals surface area contributed by atoms with Crippen molar-refractivity contribution in [3.05, 3.63) is 35.9 Å². The van der Waals surface area contributed by atoms with Crippen LogP contribution in [-0.2, 0) is 16.0 Å². The molecule has 1 aromatic rings. The molecule has 2 amide bonds. The summed E-state index contributed by atoms with van der Waals surface area (Å²) in [5.74, 6) is 2.30. The summed E-state index contributed by atoms with van der Waals surface area (Å²) in [4.78, 5) is 24.3. The molecule has 0 radical (unpaired) electrons. The van der Waals surface area contributed by atoms with Crippen molar-refractivity contribution >= 4 is 11.8 Å². The minimum absolute atomic E-state index is 0.0238. The molecule has 0 unspecified atom stereocenters. The number of hydrogen-bond donors (Lipinski definition) is 2. The van der Waals surface area contributed by atoms with Crippen LogP contribution in [0.15, 0.2) is 30.3 Å². The summed E-state index contributed by atoms with van der Waals surface area (Å²) in [6.45, 7) is 0.0907. The van der Waals surface area contributed by atoms with Crippen molar-refractivity contribution in [1.29, 1.82) is 0 Å². The molecule has 0 spiro atoms. The zero-order valence-corrected chi connectivity index (χ0v) is 14.1. The molecule has 4 aliphatic rings. The SMILES string of the molecule is O=C(Cc1ccccc1)NCC(=O)NC12CC3CC(CC(C3)C1)C2. The second kappa shape index (κ2) is 6.23. The van der Waals surface area contributed by atoms with Gasteiger partial charge in [-0.25, -0.2) is 0 Å². The van der Waals surface area contributed by atoms with E-state index in [1.165, 1.54) is 19.3 Å². The molecule has 128 valence electrons. The first-order valence-corrected chi connectivity index (χ1v) is 9.22. The van der Waals surface area contributed by atoms with Crippen LogP contribution in [0.4, 0.5) is 0 Å². The van der Waals surface area contributed by atoms with Crippen LogP contribution in [0, 0.1) is 17.8 Å². The van der Waals surface area contributed by atoms with Gasteiger partial charge >= 0.3 is 0 Å². The zero-order chi connectivity index (χ0) is 16.6. The topological polar surface area (TPSA) is 58.2 Å². The van der Waals surface area contributed by atoms with Crippen molar-refractivity contribution in [3.8, 4) is 0 Å². The van der Waals surface area contributed by atoms with Crippen molar-refractivity contribution in [2.75, 3.05) is 6.54 Å². The average molecular weight is 326 g/mol. The Hall–Kier alpha value is -1.84. The number of carbonyl (C=O) groups excluding carboxylic acids is 2. The fraction of sp³-hybridized carbons (Fsp3) is 0.600. The molecular weight excluding hydrogens is 300 g/mol. The van der Waals surface area contributed by atoms with Crippen LogP contribution in [0.5, 0.6) is 0 Å². The molecule has 5 rings (SSSR count). The lowest BCUT2D eigenvalue weighted by Crippen LogP contribution is -2.61. The van der Waals surface area contributed by atoms with Gasteiger partial charge in [-0.05, 0) is 61.8 Å². The van der Waals surface area contributed by atoms with Crippen LogP contribution in [-0.4, -0.2) is 23.9 Å². The Morgan fingerprint density at radius 3 is 2.08 bits per heavy atom. The van der Waals surface area contributed by atoms with Gasteiger partial charge in [-0.2, -0.15) is 0 Å². The molecule has 24 heavy (non-hydrogen) atoms. The maximum atomic E-state index is 12.4. The van der Waals surface area contributed by atoms with E-state index in [2.05, 4.69) is 10.6 Å². The quantitative estimate of drug-likeness (QED) is 0.873. The fourth-order valence-corrected chi connectivity index (χ4v) is 5.63. The Morgan fingerprint density at radius 1 is 0.917 bits per heavy atom. The number of carbonyl (C=O) groups is 2. The number of hydrogen-bond acceptors (Lipinski definition) is 2. The summed E-state index contributed by atoms with van der Waals surface area (Å²) in [5.41, 5.74) is 0.993. The van der Waals surface area contributed by atoms with Gasteiger partial charge in [0, 0.05) is 5.54 Å². The second-order valence-corrected chi connectivity index (χ2v) is 8.19. The van der Waals surface area contributed by atoms with Crippen LogP contribution in [0.25, 0.3) is 0 Å². The van der Waals surface area contributed by atoms with Crippen molar-refractivity contribution in [1.82, 2.24) is 10.6 Å². The second-order valence-electron chi connectivity index (χ2n) is 8.19. The molecule has 1 aromatic carbocycles. The smallest absolute Gasteiger partial charge is 0.239 e. The third-order valence-electron chi connectivity index (χ3n) is 6.10. The predicted octanol–water partition coefficient (Wildman–Crippen LogP) is 2.43. The molecule has 2 N–H and O–H groups in total. The van der Waals surface area contributed by atoms with Gasteiger partial charge < -0.3 is 10.6 Å². The number of rotatable bonds is 5. The van der Waals surface area contributed by atoms with Crippen molar-refractivity contribution in [2.24, 2.45) is 17.8 Å². The number of nitrogens with one attached hydrogen (secondary N) is 2. The summed E-state index contributed by atoms with van der Waals surface area (Å²) in [7, 11) is 0. The Morgan fingerprint density at radius 2 is 1.50 bits per heavy atom. The Balaban J connectivity index is 1.27. The van der Waals surface area contributed by atoms with E-state index < -0.39 is 0 Å². The first kappa shape index (κ1) is 15.7. The highest BCUT2D eigenvalue weighted by atomic mass is 16.2. The lowest BCUT2D eigenvalue weighted by atomic mass is 9.53. The average Bonchev–Trinajstić information content (AvgIpc) is 2.52. The van der Waals surface area contributed by atoms with E-state index in [0.717, 1.165) is 42.6 Å². The molecule has 0 aliphatic heterocycles. The maximum Gasteiger partial charge on any atom is 0.239 e. The molecule has 4 fully saturated rings. The van der Waals surface area contributed by atoms with Gasteiger partial charge in [-0.3, -0.25) is 9.59 Å². The highest BCUT2D eigenvalue weighted by Crippen LogP contribution is 2.55. The minimum atomic E-state index is -0.0955. The van der Waals surface area contributed by atoms with E-state index in [9.17, 15) is 9.59 Å².